The van der Waals surface area contributed by atoms with Crippen LogP contribution >= 0.6 is 0 Å². The summed E-state index contributed by atoms with van der Waals surface area (Å²) in [4.78, 5) is 4.52. The first kappa shape index (κ1) is 21.4. The van der Waals surface area contributed by atoms with Crippen LogP contribution in [-0.4, -0.2) is 42.2 Å². The molecule has 0 bridgehead atoms. The summed E-state index contributed by atoms with van der Waals surface area (Å²) in [6.07, 6.45) is 0. The molecule has 0 aliphatic carbocycles. The van der Waals surface area contributed by atoms with E-state index in [2.05, 4.69) is 134 Å². The minimum Gasteiger partial charge on any atom is -0.344 e. The highest BCUT2D eigenvalue weighted by Crippen LogP contribution is 2.33. The minimum atomic E-state index is 0.934. The molecule has 1 aromatic heterocycles. The molecule has 3 heteroatoms. The van der Waals surface area contributed by atoms with Crippen molar-refractivity contribution in [3.63, 3.8) is 0 Å². The molecule has 5 rings (SSSR count). The highest BCUT2D eigenvalue weighted by atomic mass is 15.3. The van der Waals surface area contributed by atoms with E-state index in [0.717, 1.165) is 13.2 Å². The highest BCUT2D eigenvalue weighted by Gasteiger charge is 2.10. The van der Waals surface area contributed by atoms with Crippen molar-refractivity contribution in [2.75, 3.05) is 27.8 Å². The second kappa shape index (κ2) is 8.86. The molecule has 4 aromatic carbocycles. The van der Waals surface area contributed by atoms with Gasteiger partial charge in [0.05, 0.1) is 6.67 Å². The highest BCUT2D eigenvalue weighted by molar-refractivity contribution is 6.09. The molecule has 166 valence electrons. The Balaban J connectivity index is 1.49. The minimum absolute atomic E-state index is 0.934. The second-order valence-corrected chi connectivity index (χ2v) is 9.32. The van der Waals surface area contributed by atoms with Crippen molar-refractivity contribution in [3.05, 3.63) is 96.6 Å². The van der Waals surface area contributed by atoms with Gasteiger partial charge in [0.15, 0.2) is 0 Å². The van der Waals surface area contributed by atoms with Crippen LogP contribution in [0, 0.1) is 0 Å². The maximum Gasteiger partial charge on any atom is 0.0501 e. The molecule has 0 unspecified atom stereocenters. The lowest BCUT2D eigenvalue weighted by molar-refractivity contribution is 0.204. The monoisotopic (exact) mass is 433 g/mol. The van der Waals surface area contributed by atoms with Gasteiger partial charge in [-0.3, -0.25) is 9.80 Å². The topological polar surface area (TPSA) is 11.4 Å². The molecule has 0 spiro atoms. The zero-order chi connectivity index (χ0) is 22.9. The van der Waals surface area contributed by atoms with Gasteiger partial charge in [-0.15, -0.1) is 0 Å². The van der Waals surface area contributed by atoms with Gasteiger partial charge in [0.2, 0.25) is 0 Å². The molecule has 3 nitrogen and oxygen atoms in total. The summed E-state index contributed by atoms with van der Waals surface area (Å²) >= 11 is 0. The van der Waals surface area contributed by atoms with Crippen molar-refractivity contribution >= 4 is 21.8 Å². The lowest BCUT2D eigenvalue weighted by Crippen LogP contribution is -2.29. The van der Waals surface area contributed by atoms with E-state index in [9.17, 15) is 0 Å². The molecule has 0 atom stereocenters. The molecular weight excluding hydrogens is 402 g/mol. The average molecular weight is 434 g/mol. The molecule has 0 aliphatic rings. The second-order valence-electron chi connectivity index (χ2n) is 9.32. The van der Waals surface area contributed by atoms with E-state index >= 15 is 0 Å². The largest absolute Gasteiger partial charge is 0.344 e. The molecule has 0 saturated carbocycles. The number of hydrogen-bond donors (Lipinski definition) is 0. The molecular formula is C30H31N3. The van der Waals surface area contributed by atoms with E-state index in [-0.39, 0.29) is 0 Å². The predicted molar refractivity (Wildman–Crippen MR) is 141 cm³/mol. The fourth-order valence-corrected chi connectivity index (χ4v) is 4.91. The lowest BCUT2D eigenvalue weighted by Gasteiger charge is -2.21. The summed E-state index contributed by atoms with van der Waals surface area (Å²) in [5.74, 6) is 0. The van der Waals surface area contributed by atoms with Gasteiger partial charge in [-0.25, -0.2) is 0 Å². The van der Waals surface area contributed by atoms with E-state index < -0.39 is 0 Å². The van der Waals surface area contributed by atoms with Crippen LogP contribution in [0.25, 0.3) is 44.1 Å². The first-order valence-corrected chi connectivity index (χ1v) is 11.5. The average Bonchev–Trinajstić information content (AvgIpc) is 3.10. The van der Waals surface area contributed by atoms with Gasteiger partial charge in [-0.1, -0.05) is 66.7 Å². The summed E-state index contributed by atoms with van der Waals surface area (Å²) in [6, 6.07) is 33.3. The summed E-state index contributed by atoms with van der Waals surface area (Å²) < 4.78 is 2.30. The van der Waals surface area contributed by atoms with Gasteiger partial charge >= 0.3 is 0 Å². The molecule has 0 amide bonds. The van der Waals surface area contributed by atoms with Crippen LogP contribution in [0.1, 0.15) is 5.56 Å². The molecule has 0 aliphatic heterocycles. The number of nitrogens with zero attached hydrogens (tertiary/aromatic N) is 3. The van der Waals surface area contributed by atoms with Crippen molar-refractivity contribution in [3.8, 4) is 22.3 Å². The van der Waals surface area contributed by atoms with E-state index in [1.165, 1.54) is 49.6 Å². The number of rotatable bonds is 6. The fourth-order valence-electron chi connectivity index (χ4n) is 4.91. The molecule has 0 N–H and O–H groups in total. The predicted octanol–water partition coefficient (Wildman–Crippen LogP) is 6.62. The summed E-state index contributed by atoms with van der Waals surface area (Å²) in [5, 5.41) is 2.62. The first-order valence-electron chi connectivity index (χ1n) is 11.5. The zero-order valence-corrected chi connectivity index (χ0v) is 19.9. The first-order chi connectivity index (χ1) is 16.0. The Kier molecular flexibility index (Phi) is 5.76. The molecule has 0 radical (unpaired) electrons. The van der Waals surface area contributed by atoms with Gasteiger partial charge in [-0.2, -0.15) is 0 Å². The lowest BCUT2D eigenvalue weighted by atomic mass is 9.97. The number of fused-ring (bicyclic) bond motifs is 3. The Labute approximate surface area is 196 Å². The summed E-state index contributed by atoms with van der Waals surface area (Å²) in [5.41, 5.74) is 8.88. The third-order valence-electron chi connectivity index (χ3n) is 6.35. The smallest absolute Gasteiger partial charge is 0.0501 e. The normalized spacial score (nSPS) is 11.8. The van der Waals surface area contributed by atoms with Crippen LogP contribution in [-0.2, 0) is 13.6 Å². The van der Waals surface area contributed by atoms with Crippen molar-refractivity contribution < 1.29 is 0 Å². The van der Waals surface area contributed by atoms with Crippen LogP contribution in [0.3, 0.4) is 0 Å². The van der Waals surface area contributed by atoms with E-state index in [0.29, 0.717) is 0 Å². The van der Waals surface area contributed by atoms with E-state index in [4.69, 9.17) is 0 Å². The fraction of sp³-hybridized carbons (Fsp3) is 0.200. The standard InChI is InChI=1S/C30H31N3/c1-31(2)21-32(3)20-22-9-7-10-23(17-22)24-11-8-12-25(18-24)26-15-16-28-27-13-5-6-14-29(27)33(4)30(28)19-26/h5-19H,20-21H2,1-4H3. The number of benzene rings is 4. The van der Waals surface area contributed by atoms with E-state index in [1.807, 2.05) is 0 Å². The Morgan fingerprint density at radius 1 is 0.606 bits per heavy atom. The molecule has 0 saturated heterocycles. The Bertz CT molecular complexity index is 1430. The van der Waals surface area contributed by atoms with Gasteiger partial charge in [0.1, 0.15) is 0 Å². The Morgan fingerprint density at radius 2 is 1.24 bits per heavy atom. The number of hydrogen-bond acceptors (Lipinski definition) is 2. The van der Waals surface area contributed by atoms with Gasteiger partial charge in [0, 0.05) is 35.4 Å². The summed E-state index contributed by atoms with van der Waals surface area (Å²) in [6.45, 7) is 1.87. The third kappa shape index (κ3) is 4.30. The molecule has 5 aromatic rings. The van der Waals surface area contributed by atoms with Gasteiger partial charge < -0.3 is 4.57 Å². The Hall–Kier alpha value is -3.40. The molecule has 33 heavy (non-hydrogen) atoms. The van der Waals surface area contributed by atoms with Crippen molar-refractivity contribution in [1.29, 1.82) is 0 Å². The number of aryl methyl sites for hydroxylation is 1. The quantitative estimate of drug-likeness (QED) is 0.279. The zero-order valence-electron chi connectivity index (χ0n) is 19.9. The van der Waals surface area contributed by atoms with Crippen molar-refractivity contribution in [2.24, 2.45) is 7.05 Å². The van der Waals surface area contributed by atoms with Crippen LogP contribution < -0.4 is 0 Å². The summed E-state index contributed by atoms with van der Waals surface area (Å²) in [7, 11) is 8.53. The maximum atomic E-state index is 2.33. The Morgan fingerprint density at radius 3 is 2.00 bits per heavy atom. The SMILES string of the molecule is CN(C)CN(C)Cc1cccc(-c2cccc(-c3ccc4c5ccccc5n(C)c4c3)c2)c1. The third-order valence-corrected chi connectivity index (χ3v) is 6.35. The van der Waals surface area contributed by atoms with E-state index in [1.54, 1.807) is 0 Å². The molecule has 0 fully saturated rings. The number of para-hydroxylation sites is 1. The van der Waals surface area contributed by atoms with Crippen LogP contribution in [0.5, 0.6) is 0 Å². The van der Waals surface area contributed by atoms with Gasteiger partial charge in [-0.05, 0) is 73.2 Å². The molecule has 1 heterocycles. The maximum absolute atomic E-state index is 2.33. The van der Waals surface area contributed by atoms with Crippen molar-refractivity contribution in [1.82, 2.24) is 14.4 Å². The van der Waals surface area contributed by atoms with Crippen LogP contribution in [0.15, 0.2) is 91.0 Å². The van der Waals surface area contributed by atoms with Crippen LogP contribution in [0.2, 0.25) is 0 Å². The number of aromatic nitrogens is 1. The van der Waals surface area contributed by atoms with Crippen LogP contribution in [0.4, 0.5) is 0 Å². The van der Waals surface area contributed by atoms with Crippen molar-refractivity contribution in [2.45, 2.75) is 6.54 Å². The van der Waals surface area contributed by atoms with Gasteiger partial charge in [0.25, 0.3) is 0 Å².